The van der Waals surface area contributed by atoms with Crippen LogP contribution in [0.15, 0.2) is 42.5 Å². The number of amides is 1. The minimum Gasteiger partial charge on any atom is -0.490 e. The number of piperazine rings is 1. The number of anilines is 2. The van der Waals surface area contributed by atoms with Gasteiger partial charge in [-0.15, -0.1) is 0 Å². The van der Waals surface area contributed by atoms with Crippen LogP contribution in [-0.2, 0) is 9.53 Å². The molecule has 0 atom stereocenters. The maximum absolute atomic E-state index is 12.4. The van der Waals surface area contributed by atoms with E-state index in [1.807, 2.05) is 38.1 Å². The summed E-state index contributed by atoms with van der Waals surface area (Å²) in [4.78, 5) is 29.5. The zero-order chi connectivity index (χ0) is 24.3. The average Bonchev–Trinajstić information content (AvgIpc) is 2.87. The topological polar surface area (TPSA) is 80.3 Å². The predicted molar refractivity (Wildman–Crippen MR) is 133 cm³/mol. The molecule has 34 heavy (non-hydrogen) atoms. The first-order valence-corrected chi connectivity index (χ1v) is 12.0. The molecule has 0 radical (unpaired) electrons. The number of esters is 1. The van der Waals surface area contributed by atoms with Crippen molar-refractivity contribution in [2.75, 3.05) is 62.8 Å². The molecule has 0 aromatic heterocycles. The second-order valence-electron chi connectivity index (χ2n) is 8.04. The smallest absolute Gasteiger partial charge is 0.338 e. The van der Waals surface area contributed by atoms with Crippen LogP contribution in [0, 0.1) is 0 Å². The molecule has 2 aromatic rings. The standard InChI is InChI=1S/C26H35N3O5/c1-4-17-33-23-12-7-20(18-24(23)32-6-3)26(31)34-19-25(30)27-21-8-10-22(11-9-21)29-15-13-28(5-2)14-16-29/h7-12,18H,4-6,13-17,19H2,1-3H3,(H,27,30). The molecule has 8 heteroatoms. The van der Waals surface area contributed by atoms with Gasteiger partial charge < -0.3 is 29.3 Å². The molecule has 1 N–H and O–H groups in total. The summed E-state index contributed by atoms with van der Waals surface area (Å²) in [6.45, 7) is 11.9. The Morgan fingerprint density at radius 2 is 1.65 bits per heavy atom. The normalized spacial score (nSPS) is 13.9. The van der Waals surface area contributed by atoms with Gasteiger partial charge in [0.1, 0.15) is 0 Å². The fourth-order valence-corrected chi connectivity index (χ4v) is 3.72. The molecular formula is C26H35N3O5. The molecule has 0 aliphatic carbocycles. The summed E-state index contributed by atoms with van der Waals surface area (Å²) in [5, 5.41) is 2.77. The third-order valence-electron chi connectivity index (χ3n) is 5.61. The summed E-state index contributed by atoms with van der Waals surface area (Å²) in [5.41, 5.74) is 2.09. The molecule has 1 aliphatic rings. The second kappa shape index (κ2) is 12.8. The van der Waals surface area contributed by atoms with Crippen LogP contribution in [0.4, 0.5) is 11.4 Å². The van der Waals surface area contributed by atoms with Crippen LogP contribution in [0.2, 0.25) is 0 Å². The zero-order valence-electron chi connectivity index (χ0n) is 20.3. The first-order valence-electron chi connectivity index (χ1n) is 12.0. The van der Waals surface area contributed by atoms with Crippen LogP contribution in [0.5, 0.6) is 11.5 Å². The number of carbonyl (C=O) groups is 2. The van der Waals surface area contributed by atoms with Gasteiger partial charge in [-0.25, -0.2) is 4.79 Å². The van der Waals surface area contributed by atoms with Gasteiger partial charge in [0.15, 0.2) is 18.1 Å². The Kier molecular flexibility index (Phi) is 9.58. The zero-order valence-corrected chi connectivity index (χ0v) is 20.3. The van der Waals surface area contributed by atoms with Crippen LogP contribution in [0.1, 0.15) is 37.6 Å². The van der Waals surface area contributed by atoms with Crippen molar-refractivity contribution in [2.24, 2.45) is 0 Å². The van der Waals surface area contributed by atoms with Crippen LogP contribution >= 0.6 is 0 Å². The summed E-state index contributed by atoms with van der Waals surface area (Å²) in [6, 6.07) is 12.6. The summed E-state index contributed by atoms with van der Waals surface area (Å²) in [6.07, 6.45) is 0.864. The van der Waals surface area contributed by atoms with Gasteiger partial charge in [0.2, 0.25) is 0 Å². The molecule has 1 saturated heterocycles. The van der Waals surface area contributed by atoms with Crippen molar-refractivity contribution in [2.45, 2.75) is 27.2 Å². The van der Waals surface area contributed by atoms with E-state index in [4.69, 9.17) is 14.2 Å². The van der Waals surface area contributed by atoms with Gasteiger partial charge in [-0.2, -0.15) is 0 Å². The fraction of sp³-hybridized carbons (Fsp3) is 0.462. The lowest BCUT2D eigenvalue weighted by atomic mass is 10.2. The molecule has 0 bridgehead atoms. The second-order valence-corrected chi connectivity index (χ2v) is 8.04. The highest BCUT2D eigenvalue weighted by molar-refractivity contribution is 5.95. The SMILES string of the molecule is CCCOc1ccc(C(=O)OCC(=O)Nc2ccc(N3CCN(CC)CC3)cc2)cc1OCC. The molecule has 2 aromatic carbocycles. The van der Waals surface area contributed by atoms with E-state index in [0.717, 1.165) is 44.8 Å². The van der Waals surface area contributed by atoms with Crippen molar-refractivity contribution < 1.29 is 23.8 Å². The highest BCUT2D eigenvalue weighted by Crippen LogP contribution is 2.29. The largest absolute Gasteiger partial charge is 0.490 e. The number of benzene rings is 2. The highest BCUT2D eigenvalue weighted by Gasteiger charge is 2.17. The van der Waals surface area contributed by atoms with E-state index < -0.39 is 11.9 Å². The molecule has 0 saturated carbocycles. The van der Waals surface area contributed by atoms with Crippen molar-refractivity contribution >= 4 is 23.3 Å². The molecule has 1 fully saturated rings. The average molecular weight is 470 g/mol. The van der Waals surface area contributed by atoms with Crippen molar-refractivity contribution in [1.82, 2.24) is 4.90 Å². The first-order chi connectivity index (χ1) is 16.5. The fourth-order valence-electron chi connectivity index (χ4n) is 3.72. The molecule has 8 nitrogen and oxygen atoms in total. The number of nitrogens with zero attached hydrogens (tertiary/aromatic N) is 2. The van der Waals surface area contributed by atoms with E-state index in [9.17, 15) is 9.59 Å². The van der Waals surface area contributed by atoms with Crippen molar-refractivity contribution in [3.05, 3.63) is 48.0 Å². The lowest BCUT2D eigenvalue weighted by Gasteiger charge is -2.35. The molecular weight excluding hydrogens is 434 g/mol. The Morgan fingerprint density at radius 1 is 0.912 bits per heavy atom. The van der Waals surface area contributed by atoms with E-state index >= 15 is 0 Å². The molecule has 1 amide bonds. The van der Waals surface area contributed by atoms with Gasteiger partial charge in [-0.05, 0) is 62.4 Å². The van der Waals surface area contributed by atoms with Crippen LogP contribution in [0.25, 0.3) is 0 Å². The lowest BCUT2D eigenvalue weighted by molar-refractivity contribution is -0.119. The van der Waals surface area contributed by atoms with Gasteiger partial charge in [0, 0.05) is 37.6 Å². The Morgan fingerprint density at radius 3 is 2.29 bits per heavy atom. The first kappa shape index (κ1) is 25.4. The van der Waals surface area contributed by atoms with Crippen molar-refractivity contribution in [3.8, 4) is 11.5 Å². The third-order valence-corrected chi connectivity index (χ3v) is 5.61. The van der Waals surface area contributed by atoms with Gasteiger partial charge in [0.05, 0.1) is 18.8 Å². The highest BCUT2D eigenvalue weighted by atomic mass is 16.5. The number of nitrogens with one attached hydrogen (secondary N) is 1. The van der Waals surface area contributed by atoms with Gasteiger partial charge >= 0.3 is 5.97 Å². The summed E-state index contributed by atoms with van der Waals surface area (Å²) in [5.74, 6) is 0.0602. The summed E-state index contributed by atoms with van der Waals surface area (Å²) >= 11 is 0. The van der Waals surface area contributed by atoms with E-state index in [1.165, 1.54) is 0 Å². The quantitative estimate of drug-likeness (QED) is 0.501. The molecule has 1 heterocycles. The summed E-state index contributed by atoms with van der Waals surface area (Å²) < 4.78 is 16.4. The Labute approximate surface area is 201 Å². The molecule has 3 rings (SSSR count). The Balaban J connectivity index is 1.49. The number of hydrogen-bond acceptors (Lipinski definition) is 7. The van der Waals surface area contributed by atoms with E-state index in [1.54, 1.807) is 18.2 Å². The molecule has 1 aliphatic heterocycles. The van der Waals surface area contributed by atoms with Gasteiger partial charge in [0.25, 0.3) is 5.91 Å². The number of hydrogen-bond donors (Lipinski definition) is 1. The molecule has 184 valence electrons. The maximum Gasteiger partial charge on any atom is 0.338 e. The number of rotatable bonds is 11. The van der Waals surface area contributed by atoms with Crippen LogP contribution in [-0.4, -0.2) is 69.3 Å². The van der Waals surface area contributed by atoms with Crippen LogP contribution in [0.3, 0.4) is 0 Å². The van der Waals surface area contributed by atoms with Crippen molar-refractivity contribution in [1.29, 1.82) is 0 Å². The predicted octanol–water partition coefficient (Wildman–Crippen LogP) is 3.81. The monoisotopic (exact) mass is 469 g/mol. The van der Waals surface area contributed by atoms with E-state index in [2.05, 4.69) is 22.0 Å². The number of ether oxygens (including phenoxy) is 3. The van der Waals surface area contributed by atoms with Gasteiger partial charge in [-0.3, -0.25) is 4.79 Å². The van der Waals surface area contributed by atoms with Crippen LogP contribution < -0.4 is 19.7 Å². The van der Waals surface area contributed by atoms with Crippen molar-refractivity contribution in [3.63, 3.8) is 0 Å². The number of carbonyl (C=O) groups excluding carboxylic acids is 2. The summed E-state index contributed by atoms with van der Waals surface area (Å²) in [7, 11) is 0. The minimum absolute atomic E-state index is 0.299. The Bertz CT molecular complexity index is 940. The maximum atomic E-state index is 12.4. The van der Waals surface area contributed by atoms with Gasteiger partial charge in [-0.1, -0.05) is 13.8 Å². The third kappa shape index (κ3) is 7.12. The lowest BCUT2D eigenvalue weighted by Crippen LogP contribution is -2.46. The van der Waals surface area contributed by atoms with E-state index in [-0.39, 0.29) is 6.61 Å². The molecule has 0 spiro atoms. The number of likely N-dealkylation sites (N-methyl/N-ethyl adjacent to an activating group) is 1. The van der Waals surface area contributed by atoms with E-state index in [0.29, 0.717) is 36.0 Å². The minimum atomic E-state index is -0.597. The molecule has 0 unspecified atom stereocenters. The Hall–Kier alpha value is -3.26.